The molecule has 0 saturated heterocycles. The van der Waals surface area contributed by atoms with Crippen molar-refractivity contribution in [3.8, 4) is 11.5 Å². The van der Waals surface area contributed by atoms with Gasteiger partial charge in [0.1, 0.15) is 11.5 Å². The molecule has 1 heterocycles. The average molecular weight is 292 g/mol. The smallest absolute Gasteiger partial charge is 0.123 e. The number of aromatic nitrogens is 1. The first-order chi connectivity index (χ1) is 9.65. The summed E-state index contributed by atoms with van der Waals surface area (Å²) in [6.45, 7) is 4.95. The van der Waals surface area contributed by atoms with Gasteiger partial charge in [-0.25, -0.2) is 4.98 Å². The molecule has 0 fully saturated rings. The second-order valence-electron chi connectivity index (χ2n) is 4.57. The topological polar surface area (TPSA) is 43.4 Å². The number of benzene rings is 1. The van der Waals surface area contributed by atoms with Crippen molar-refractivity contribution in [2.75, 3.05) is 14.2 Å². The number of methoxy groups -OCH3 is 2. The second-order valence-corrected chi connectivity index (χ2v) is 5.51. The molecule has 2 rings (SSSR count). The van der Waals surface area contributed by atoms with E-state index in [4.69, 9.17) is 9.47 Å². The van der Waals surface area contributed by atoms with Crippen LogP contribution in [0.3, 0.4) is 0 Å². The Bertz CT molecular complexity index is 569. The first kappa shape index (κ1) is 14.8. The van der Waals surface area contributed by atoms with E-state index < -0.39 is 0 Å². The molecule has 1 atom stereocenters. The van der Waals surface area contributed by atoms with Crippen LogP contribution in [-0.4, -0.2) is 19.2 Å². The Hall–Kier alpha value is -1.59. The maximum absolute atomic E-state index is 5.42. The molecule has 0 aliphatic rings. The van der Waals surface area contributed by atoms with Crippen molar-refractivity contribution >= 4 is 11.3 Å². The molecule has 0 radical (unpaired) electrons. The van der Waals surface area contributed by atoms with Crippen molar-refractivity contribution in [1.29, 1.82) is 0 Å². The molecule has 1 aromatic heterocycles. The first-order valence-corrected chi connectivity index (χ1v) is 7.38. The highest BCUT2D eigenvalue weighted by atomic mass is 32.1. The van der Waals surface area contributed by atoms with Crippen LogP contribution >= 0.6 is 11.3 Å². The maximum atomic E-state index is 5.42. The van der Waals surface area contributed by atoms with Crippen molar-refractivity contribution in [2.45, 2.75) is 26.4 Å². The Morgan fingerprint density at radius 3 is 2.70 bits per heavy atom. The monoisotopic (exact) mass is 292 g/mol. The van der Waals surface area contributed by atoms with Gasteiger partial charge in [-0.1, -0.05) is 0 Å². The predicted octanol–water partition coefficient (Wildman–Crippen LogP) is 3.32. The van der Waals surface area contributed by atoms with Gasteiger partial charge in [0.2, 0.25) is 0 Å². The summed E-state index contributed by atoms with van der Waals surface area (Å²) in [5, 5.41) is 3.50. The highest BCUT2D eigenvalue weighted by Gasteiger charge is 2.13. The normalized spacial score (nSPS) is 12.2. The lowest BCUT2D eigenvalue weighted by Crippen LogP contribution is -2.18. The summed E-state index contributed by atoms with van der Waals surface area (Å²) in [6.07, 6.45) is 0. The molecule has 4 nitrogen and oxygen atoms in total. The molecule has 2 aromatic rings. The lowest BCUT2D eigenvalue weighted by Gasteiger charge is -2.18. The van der Waals surface area contributed by atoms with E-state index in [1.807, 2.05) is 30.6 Å². The van der Waals surface area contributed by atoms with Crippen LogP contribution in [0.1, 0.15) is 29.1 Å². The minimum Gasteiger partial charge on any atom is -0.497 e. The van der Waals surface area contributed by atoms with E-state index in [0.29, 0.717) is 0 Å². The number of hydrogen-bond acceptors (Lipinski definition) is 5. The molecule has 108 valence electrons. The highest BCUT2D eigenvalue weighted by Crippen LogP contribution is 2.29. The molecule has 0 saturated carbocycles. The molecule has 0 spiro atoms. The predicted molar refractivity (Wildman–Crippen MR) is 81.7 cm³/mol. The summed E-state index contributed by atoms with van der Waals surface area (Å²) < 4.78 is 10.7. The van der Waals surface area contributed by atoms with Crippen LogP contribution in [0.15, 0.2) is 23.7 Å². The van der Waals surface area contributed by atoms with Gasteiger partial charge >= 0.3 is 0 Å². The van der Waals surface area contributed by atoms with E-state index in [9.17, 15) is 0 Å². The summed E-state index contributed by atoms with van der Waals surface area (Å²) in [5.41, 5.74) is 4.06. The molecule has 20 heavy (non-hydrogen) atoms. The number of nitrogens with zero attached hydrogens (tertiary/aromatic N) is 1. The van der Waals surface area contributed by atoms with Gasteiger partial charge in [0.15, 0.2) is 0 Å². The van der Waals surface area contributed by atoms with Gasteiger partial charge in [0, 0.05) is 23.0 Å². The van der Waals surface area contributed by atoms with E-state index in [-0.39, 0.29) is 6.04 Å². The third kappa shape index (κ3) is 3.29. The van der Waals surface area contributed by atoms with Gasteiger partial charge in [0.05, 0.1) is 25.4 Å². The molecular formula is C15H20N2O2S. The van der Waals surface area contributed by atoms with E-state index in [1.165, 1.54) is 4.88 Å². The molecule has 0 aliphatic carbocycles. The van der Waals surface area contributed by atoms with Crippen molar-refractivity contribution in [2.24, 2.45) is 0 Å². The largest absolute Gasteiger partial charge is 0.497 e. The molecule has 0 amide bonds. The Morgan fingerprint density at radius 2 is 2.10 bits per heavy atom. The van der Waals surface area contributed by atoms with Gasteiger partial charge < -0.3 is 14.8 Å². The van der Waals surface area contributed by atoms with E-state index in [2.05, 4.69) is 17.2 Å². The van der Waals surface area contributed by atoms with Crippen LogP contribution < -0.4 is 14.8 Å². The Kier molecular flexibility index (Phi) is 4.98. The molecular weight excluding hydrogens is 272 g/mol. The summed E-state index contributed by atoms with van der Waals surface area (Å²) >= 11 is 1.67. The number of hydrogen-bond donors (Lipinski definition) is 1. The zero-order valence-corrected chi connectivity index (χ0v) is 13.1. The average Bonchev–Trinajstić information content (AvgIpc) is 2.89. The standard InChI is InChI=1S/C15H20N2O2S/c1-10(16-8-15-11(2)17-9-20-15)13-7-12(18-3)5-6-14(13)19-4/h5-7,9-10,16H,8H2,1-4H3. The van der Waals surface area contributed by atoms with Crippen LogP contribution in [0, 0.1) is 6.92 Å². The van der Waals surface area contributed by atoms with Crippen LogP contribution in [0.4, 0.5) is 0 Å². The zero-order chi connectivity index (χ0) is 14.5. The minimum atomic E-state index is 0.168. The molecule has 5 heteroatoms. The van der Waals surface area contributed by atoms with Crippen LogP contribution in [-0.2, 0) is 6.54 Å². The Labute approximate surface area is 123 Å². The summed E-state index contributed by atoms with van der Waals surface area (Å²) in [7, 11) is 3.36. The number of rotatable bonds is 6. The quantitative estimate of drug-likeness (QED) is 0.887. The van der Waals surface area contributed by atoms with Crippen molar-refractivity contribution in [3.05, 3.63) is 39.8 Å². The third-order valence-corrected chi connectivity index (χ3v) is 4.25. The number of thiazole rings is 1. The molecule has 1 unspecified atom stereocenters. The van der Waals surface area contributed by atoms with Gasteiger partial charge in [-0.15, -0.1) is 11.3 Å². The zero-order valence-electron chi connectivity index (χ0n) is 12.3. The first-order valence-electron chi connectivity index (χ1n) is 6.50. The van der Waals surface area contributed by atoms with Gasteiger partial charge in [-0.3, -0.25) is 0 Å². The van der Waals surface area contributed by atoms with Crippen LogP contribution in [0.25, 0.3) is 0 Å². The number of aryl methyl sites for hydroxylation is 1. The van der Waals surface area contributed by atoms with E-state index in [1.54, 1.807) is 25.6 Å². The van der Waals surface area contributed by atoms with Crippen molar-refractivity contribution in [1.82, 2.24) is 10.3 Å². The van der Waals surface area contributed by atoms with Crippen molar-refractivity contribution in [3.63, 3.8) is 0 Å². The molecule has 0 bridgehead atoms. The van der Waals surface area contributed by atoms with Gasteiger partial charge in [-0.2, -0.15) is 0 Å². The third-order valence-electron chi connectivity index (χ3n) is 3.32. The van der Waals surface area contributed by atoms with E-state index in [0.717, 1.165) is 29.3 Å². The lowest BCUT2D eigenvalue weighted by molar-refractivity contribution is 0.391. The number of ether oxygens (including phenoxy) is 2. The molecule has 0 aliphatic heterocycles. The molecule has 1 aromatic carbocycles. The Morgan fingerprint density at radius 1 is 1.30 bits per heavy atom. The van der Waals surface area contributed by atoms with Crippen molar-refractivity contribution < 1.29 is 9.47 Å². The lowest BCUT2D eigenvalue weighted by atomic mass is 10.1. The highest BCUT2D eigenvalue weighted by molar-refractivity contribution is 7.09. The summed E-state index contributed by atoms with van der Waals surface area (Å²) in [6, 6.07) is 6.02. The number of nitrogens with one attached hydrogen (secondary N) is 1. The molecule has 1 N–H and O–H groups in total. The fourth-order valence-electron chi connectivity index (χ4n) is 2.03. The fraction of sp³-hybridized carbons (Fsp3) is 0.400. The summed E-state index contributed by atoms with van der Waals surface area (Å²) in [4.78, 5) is 5.52. The maximum Gasteiger partial charge on any atom is 0.123 e. The fourth-order valence-corrected chi connectivity index (χ4v) is 2.76. The summed E-state index contributed by atoms with van der Waals surface area (Å²) in [5.74, 6) is 1.70. The Balaban J connectivity index is 2.11. The second kappa shape index (κ2) is 6.72. The minimum absolute atomic E-state index is 0.168. The van der Waals surface area contributed by atoms with Crippen LogP contribution in [0.2, 0.25) is 0 Å². The van der Waals surface area contributed by atoms with Gasteiger partial charge in [0.25, 0.3) is 0 Å². The van der Waals surface area contributed by atoms with E-state index >= 15 is 0 Å². The SMILES string of the molecule is COc1ccc(OC)c(C(C)NCc2scnc2C)c1. The van der Waals surface area contributed by atoms with Crippen LogP contribution in [0.5, 0.6) is 11.5 Å². The van der Waals surface area contributed by atoms with Gasteiger partial charge in [-0.05, 0) is 32.0 Å².